The first-order valence-electron chi connectivity index (χ1n) is 8.19. The van der Waals surface area contributed by atoms with E-state index in [-0.39, 0.29) is 18.2 Å². The molecule has 5 nitrogen and oxygen atoms in total. The Morgan fingerprint density at radius 2 is 1.93 bits per heavy atom. The monoisotopic (exact) mass is 400 g/mol. The summed E-state index contributed by atoms with van der Waals surface area (Å²) in [5, 5.41) is 2.87. The van der Waals surface area contributed by atoms with Gasteiger partial charge in [0, 0.05) is 29.6 Å². The van der Waals surface area contributed by atoms with E-state index in [0.29, 0.717) is 16.6 Å². The van der Waals surface area contributed by atoms with Crippen molar-refractivity contribution in [3.05, 3.63) is 76.3 Å². The van der Waals surface area contributed by atoms with Crippen LogP contribution in [-0.2, 0) is 16.1 Å². The summed E-state index contributed by atoms with van der Waals surface area (Å²) in [6.07, 6.45) is 0. The maximum absolute atomic E-state index is 12.2. The normalized spacial score (nSPS) is 10.4. The van der Waals surface area contributed by atoms with Gasteiger partial charge in [0.25, 0.3) is 5.91 Å². The van der Waals surface area contributed by atoms with Crippen LogP contribution in [0.25, 0.3) is 10.6 Å². The molecule has 1 heterocycles. The van der Waals surface area contributed by atoms with Gasteiger partial charge < -0.3 is 9.64 Å². The van der Waals surface area contributed by atoms with Crippen LogP contribution in [-0.4, -0.2) is 35.4 Å². The van der Waals surface area contributed by atoms with Crippen LogP contribution in [0.3, 0.4) is 0 Å². The van der Waals surface area contributed by atoms with Crippen molar-refractivity contribution in [3.63, 3.8) is 0 Å². The zero-order chi connectivity index (χ0) is 19.2. The van der Waals surface area contributed by atoms with E-state index in [0.717, 1.165) is 11.1 Å². The number of likely N-dealkylation sites (N-methyl/N-ethyl adjacent to an activating group) is 1. The van der Waals surface area contributed by atoms with Gasteiger partial charge in [0.15, 0.2) is 12.3 Å². The Bertz CT molecular complexity index is 943. The summed E-state index contributed by atoms with van der Waals surface area (Å²) in [6, 6.07) is 16.8. The summed E-state index contributed by atoms with van der Waals surface area (Å²) in [6.45, 7) is 0.124. The standard InChI is InChI=1S/C20H17ClN2O3S/c1-23(11-14-6-3-2-4-7-14)18(24)12-26-20(25)17-13-27-19(22-17)15-8-5-9-16(21)10-15/h2-10,13H,11-12H2,1H3. The fourth-order valence-corrected chi connectivity index (χ4v) is 3.36. The molecule has 1 amide bonds. The fraction of sp³-hybridized carbons (Fsp3) is 0.150. The maximum Gasteiger partial charge on any atom is 0.358 e. The van der Waals surface area contributed by atoms with E-state index in [1.54, 1.807) is 24.6 Å². The molecule has 138 valence electrons. The van der Waals surface area contributed by atoms with Crippen LogP contribution in [0.1, 0.15) is 16.1 Å². The summed E-state index contributed by atoms with van der Waals surface area (Å²) >= 11 is 7.30. The zero-order valence-corrected chi connectivity index (χ0v) is 16.2. The quantitative estimate of drug-likeness (QED) is 0.579. The van der Waals surface area contributed by atoms with Crippen molar-refractivity contribution in [2.75, 3.05) is 13.7 Å². The number of nitrogens with zero attached hydrogens (tertiary/aromatic N) is 2. The SMILES string of the molecule is CN(Cc1ccccc1)C(=O)COC(=O)c1csc(-c2cccc(Cl)c2)n1. The molecule has 0 atom stereocenters. The largest absolute Gasteiger partial charge is 0.451 e. The molecule has 3 aromatic rings. The Balaban J connectivity index is 1.55. The number of amides is 1. The molecule has 0 unspecified atom stereocenters. The van der Waals surface area contributed by atoms with Crippen molar-refractivity contribution < 1.29 is 14.3 Å². The first-order valence-corrected chi connectivity index (χ1v) is 9.45. The van der Waals surface area contributed by atoms with Gasteiger partial charge in [-0.3, -0.25) is 4.79 Å². The van der Waals surface area contributed by atoms with Gasteiger partial charge in [-0.2, -0.15) is 0 Å². The molecule has 0 spiro atoms. The third-order valence-corrected chi connectivity index (χ3v) is 4.93. The Labute approximate surface area is 166 Å². The van der Waals surface area contributed by atoms with Crippen molar-refractivity contribution in [1.82, 2.24) is 9.88 Å². The van der Waals surface area contributed by atoms with E-state index in [1.165, 1.54) is 16.2 Å². The Morgan fingerprint density at radius 3 is 2.67 bits per heavy atom. The molecule has 0 saturated heterocycles. The van der Waals surface area contributed by atoms with Gasteiger partial charge >= 0.3 is 5.97 Å². The number of thiazole rings is 1. The van der Waals surface area contributed by atoms with Crippen LogP contribution in [0.15, 0.2) is 60.0 Å². The van der Waals surface area contributed by atoms with Crippen LogP contribution < -0.4 is 0 Å². The molecule has 27 heavy (non-hydrogen) atoms. The van der Waals surface area contributed by atoms with Gasteiger partial charge in [-0.25, -0.2) is 9.78 Å². The van der Waals surface area contributed by atoms with E-state index >= 15 is 0 Å². The number of carbonyl (C=O) groups is 2. The van der Waals surface area contributed by atoms with E-state index in [1.807, 2.05) is 42.5 Å². The first-order chi connectivity index (χ1) is 13.0. The third kappa shape index (κ3) is 5.15. The molecule has 0 radical (unpaired) electrons. The van der Waals surface area contributed by atoms with Gasteiger partial charge in [0.1, 0.15) is 5.01 Å². The van der Waals surface area contributed by atoms with Crippen molar-refractivity contribution in [2.45, 2.75) is 6.54 Å². The number of rotatable bonds is 6. The fourth-order valence-electron chi connectivity index (χ4n) is 2.38. The molecule has 7 heteroatoms. The maximum atomic E-state index is 12.2. The summed E-state index contributed by atoms with van der Waals surface area (Å²) in [7, 11) is 1.67. The van der Waals surface area contributed by atoms with Gasteiger partial charge in [0.05, 0.1) is 0 Å². The predicted octanol–water partition coefficient (Wildman–Crippen LogP) is 4.28. The molecule has 2 aromatic carbocycles. The highest BCUT2D eigenvalue weighted by Crippen LogP contribution is 2.26. The lowest BCUT2D eigenvalue weighted by Gasteiger charge is -2.17. The molecule has 1 aromatic heterocycles. The molecule has 0 aliphatic rings. The van der Waals surface area contributed by atoms with Crippen molar-refractivity contribution in [3.8, 4) is 10.6 Å². The van der Waals surface area contributed by atoms with E-state index in [2.05, 4.69) is 4.98 Å². The van der Waals surface area contributed by atoms with Gasteiger partial charge in [0.2, 0.25) is 0 Å². The van der Waals surface area contributed by atoms with Crippen LogP contribution in [0.4, 0.5) is 0 Å². The minimum atomic E-state index is -0.624. The number of aromatic nitrogens is 1. The average Bonchev–Trinajstić information content (AvgIpc) is 3.17. The second-order valence-corrected chi connectivity index (χ2v) is 7.15. The minimum absolute atomic E-state index is 0.175. The van der Waals surface area contributed by atoms with Crippen molar-refractivity contribution in [1.29, 1.82) is 0 Å². The Hall–Kier alpha value is -2.70. The lowest BCUT2D eigenvalue weighted by atomic mass is 10.2. The van der Waals surface area contributed by atoms with Crippen molar-refractivity contribution >= 4 is 34.8 Å². The molecular formula is C20H17ClN2O3S. The number of ether oxygens (including phenoxy) is 1. The van der Waals surface area contributed by atoms with Crippen LogP contribution in [0, 0.1) is 0 Å². The number of benzene rings is 2. The average molecular weight is 401 g/mol. The topological polar surface area (TPSA) is 59.5 Å². The highest BCUT2D eigenvalue weighted by Gasteiger charge is 2.17. The highest BCUT2D eigenvalue weighted by molar-refractivity contribution is 7.13. The molecule has 0 fully saturated rings. The number of esters is 1. The van der Waals surface area contributed by atoms with E-state index in [9.17, 15) is 9.59 Å². The summed E-state index contributed by atoms with van der Waals surface area (Å²) in [5.74, 6) is -0.904. The smallest absolute Gasteiger partial charge is 0.358 e. The lowest BCUT2D eigenvalue weighted by molar-refractivity contribution is -0.133. The van der Waals surface area contributed by atoms with Gasteiger partial charge in [-0.15, -0.1) is 11.3 Å². The minimum Gasteiger partial charge on any atom is -0.451 e. The number of carbonyl (C=O) groups excluding carboxylic acids is 2. The molecule has 0 aliphatic heterocycles. The summed E-state index contributed by atoms with van der Waals surface area (Å²) in [5.41, 5.74) is 2.00. The first kappa shape index (κ1) is 19.1. The third-order valence-electron chi connectivity index (χ3n) is 3.80. The van der Waals surface area contributed by atoms with E-state index in [4.69, 9.17) is 16.3 Å². The van der Waals surface area contributed by atoms with E-state index < -0.39 is 5.97 Å². The van der Waals surface area contributed by atoms with Gasteiger partial charge in [-0.1, -0.05) is 54.1 Å². The summed E-state index contributed by atoms with van der Waals surface area (Å²) in [4.78, 5) is 30.1. The number of halogens is 1. The van der Waals surface area contributed by atoms with Crippen LogP contribution in [0.5, 0.6) is 0 Å². The molecule has 3 rings (SSSR count). The van der Waals surface area contributed by atoms with Crippen LogP contribution >= 0.6 is 22.9 Å². The second-order valence-electron chi connectivity index (χ2n) is 5.86. The molecular weight excluding hydrogens is 384 g/mol. The molecule has 0 aliphatic carbocycles. The Morgan fingerprint density at radius 1 is 1.15 bits per heavy atom. The van der Waals surface area contributed by atoms with Crippen LogP contribution in [0.2, 0.25) is 5.02 Å². The highest BCUT2D eigenvalue weighted by atomic mass is 35.5. The second kappa shape index (κ2) is 8.79. The number of hydrogen-bond acceptors (Lipinski definition) is 5. The number of hydrogen-bond donors (Lipinski definition) is 0. The molecule has 0 N–H and O–H groups in total. The molecule has 0 bridgehead atoms. The predicted molar refractivity (Wildman–Crippen MR) is 106 cm³/mol. The zero-order valence-electron chi connectivity index (χ0n) is 14.6. The Kier molecular flexibility index (Phi) is 6.21. The molecule has 0 saturated carbocycles. The van der Waals surface area contributed by atoms with Gasteiger partial charge in [-0.05, 0) is 17.7 Å². The van der Waals surface area contributed by atoms with Crippen molar-refractivity contribution in [2.24, 2.45) is 0 Å². The lowest BCUT2D eigenvalue weighted by Crippen LogP contribution is -2.30. The summed E-state index contributed by atoms with van der Waals surface area (Å²) < 4.78 is 5.11.